The molecule has 0 saturated heterocycles. The van der Waals surface area contributed by atoms with Gasteiger partial charge in [0.2, 0.25) is 0 Å². The van der Waals surface area contributed by atoms with Crippen LogP contribution in [0.25, 0.3) is 0 Å². The molecule has 0 radical (unpaired) electrons. The van der Waals surface area contributed by atoms with E-state index in [9.17, 15) is 14.3 Å². The van der Waals surface area contributed by atoms with Crippen LogP contribution in [0.15, 0.2) is 24.3 Å². The standard InChI is InChI=1S/C39H76NO7P/c1-6-8-10-12-14-15-16-17-18-19-20-21-22-23-24-25-27-29-31-34-44-36-38(37-46-48(42,43)45-35-33-40(3,4)5)47-39(41)32-30-28-26-13-11-9-7-2/h15-16,18-19,38H,6-14,17,20-37H2,1-5H3/p+1/b16-15-,19-18-. The fraction of sp³-hybridized carbons (Fsp3) is 0.872. The van der Waals surface area contributed by atoms with Crippen molar-refractivity contribution in [3.8, 4) is 0 Å². The van der Waals surface area contributed by atoms with Crippen LogP contribution in [0, 0.1) is 0 Å². The topological polar surface area (TPSA) is 91.3 Å². The number of hydrogen-bond acceptors (Lipinski definition) is 6. The van der Waals surface area contributed by atoms with Crippen molar-refractivity contribution in [2.24, 2.45) is 0 Å². The maximum atomic E-state index is 12.5. The van der Waals surface area contributed by atoms with E-state index in [1.165, 1.54) is 103 Å². The zero-order valence-electron chi connectivity index (χ0n) is 32.0. The van der Waals surface area contributed by atoms with Crippen molar-refractivity contribution in [1.29, 1.82) is 0 Å². The van der Waals surface area contributed by atoms with E-state index in [4.69, 9.17) is 18.5 Å². The van der Waals surface area contributed by atoms with Crippen molar-refractivity contribution in [3.63, 3.8) is 0 Å². The molecule has 0 spiro atoms. The minimum Gasteiger partial charge on any atom is -0.457 e. The number of phosphoric ester groups is 1. The lowest BCUT2D eigenvalue weighted by atomic mass is 10.1. The van der Waals surface area contributed by atoms with Crippen LogP contribution in [0.1, 0.15) is 162 Å². The summed E-state index contributed by atoms with van der Waals surface area (Å²) in [5.74, 6) is -0.323. The lowest BCUT2D eigenvalue weighted by molar-refractivity contribution is -0.870. The number of rotatable bonds is 36. The van der Waals surface area contributed by atoms with Gasteiger partial charge in [0.15, 0.2) is 0 Å². The molecule has 0 amide bonds. The van der Waals surface area contributed by atoms with Gasteiger partial charge in [-0.05, 0) is 44.9 Å². The highest BCUT2D eigenvalue weighted by atomic mass is 31.2. The van der Waals surface area contributed by atoms with Crippen molar-refractivity contribution >= 4 is 13.8 Å². The number of carbonyl (C=O) groups is 1. The third kappa shape index (κ3) is 36.3. The van der Waals surface area contributed by atoms with Crippen LogP contribution in [0.4, 0.5) is 0 Å². The Labute approximate surface area is 296 Å². The maximum Gasteiger partial charge on any atom is 0.472 e. The summed E-state index contributed by atoms with van der Waals surface area (Å²) in [5, 5.41) is 0. The monoisotopic (exact) mass is 703 g/mol. The first-order valence-electron chi connectivity index (χ1n) is 19.6. The van der Waals surface area contributed by atoms with Crippen molar-refractivity contribution in [1.82, 2.24) is 0 Å². The van der Waals surface area contributed by atoms with Crippen LogP contribution in [-0.4, -0.2) is 75.6 Å². The SMILES string of the molecule is CCCCCC/C=C\C/C=C\CCCCCCCCCCOCC(COP(=O)(O)OCC[N+](C)(C)C)OC(=O)CCCCCCCCC. The van der Waals surface area contributed by atoms with Crippen molar-refractivity contribution in [2.45, 2.75) is 168 Å². The predicted octanol–water partition coefficient (Wildman–Crippen LogP) is 10.9. The molecule has 0 aromatic heterocycles. The van der Waals surface area contributed by atoms with Crippen LogP contribution in [0.3, 0.4) is 0 Å². The second-order valence-electron chi connectivity index (χ2n) is 14.3. The first-order valence-corrected chi connectivity index (χ1v) is 21.1. The Morgan fingerprint density at radius 1 is 0.646 bits per heavy atom. The van der Waals surface area contributed by atoms with Crippen molar-refractivity contribution in [3.05, 3.63) is 24.3 Å². The minimum atomic E-state index is -4.26. The normalized spacial score (nSPS) is 14.2. The number of likely N-dealkylation sites (N-methyl/N-ethyl adjacent to an activating group) is 1. The maximum absolute atomic E-state index is 12.5. The molecule has 284 valence electrons. The van der Waals surface area contributed by atoms with Crippen LogP contribution in [-0.2, 0) is 27.9 Å². The summed E-state index contributed by atoms with van der Waals surface area (Å²) in [7, 11) is 1.66. The predicted molar refractivity (Wildman–Crippen MR) is 201 cm³/mol. The van der Waals surface area contributed by atoms with Gasteiger partial charge < -0.3 is 18.9 Å². The fourth-order valence-corrected chi connectivity index (χ4v) is 5.91. The summed E-state index contributed by atoms with van der Waals surface area (Å²) >= 11 is 0. The highest BCUT2D eigenvalue weighted by Gasteiger charge is 2.26. The molecule has 0 bridgehead atoms. The minimum absolute atomic E-state index is 0.0885. The van der Waals surface area contributed by atoms with E-state index in [0.29, 0.717) is 24.1 Å². The first kappa shape index (κ1) is 47.0. The molecular weight excluding hydrogens is 625 g/mol. The Hall–Kier alpha value is -1.02. The number of quaternary nitrogens is 1. The smallest absolute Gasteiger partial charge is 0.457 e. The number of ether oxygens (including phenoxy) is 2. The lowest BCUT2D eigenvalue weighted by Crippen LogP contribution is -2.37. The van der Waals surface area contributed by atoms with Crippen LogP contribution < -0.4 is 0 Å². The molecule has 2 atom stereocenters. The van der Waals surface area contributed by atoms with Gasteiger partial charge in [0.25, 0.3) is 0 Å². The third-order valence-corrected chi connectivity index (χ3v) is 9.25. The van der Waals surface area contributed by atoms with Gasteiger partial charge in [0, 0.05) is 13.0 Å². The van der Waals surface area contributed by atoms with Gasteiger partial charge in [-0.15, -0.1) is 0 Å². The second-order valence-corrected chi connectivity index (χ2v) is 15.8. The molecule has 0 aromatic carbocycles. The molecular formula is C39H77NO7P+. The van der Waals surface area contributed by atoms with E-state index >= 15 is 0 Å². The summed E-state index contributed by atoms with van der Waals surface area (Å²) in [6.45, 7) is 5.55. The van der Waals surface area contributed by atoms with Crippen molar-refractivity contribution < 1.29 is 37.3 Å². The van der Waals surface area contributed by atoms with Crippen LogP contribution >= 0.6 is 7.82 Å². The molecule has 8 nitrogen and oxygen atoms in total. The molecule has 0 saturated carbocycles. The Bertz CT molecular complexity index is 828. The Morgan fingerprint density at radius 3 is 1.71 bits per heavy atom. The molecule has 0 heterocycles. The average Bonchev–Trinajstić information content (AvgIpc) is 3.03. The summed E-state index contributed by atoms with van der Waals surface area (Å²) < 4.78 is 34.7. The second kappa shape index (κ2) is 33.1. The van der Waals surface area contributed by atoms with Crippen LogP contribution in [0.5, 0.6) is 0 Å². The Balaban J connectivity index is 4.15. The van der Waals surface area contributed by atoms with Crippen LogP contribution in [0.2, 0.25) is 0 Å². The average molecular weight is 703 g/mol. The number of carbonyl (C=O) groups excluding carboxylic acids is 1. The Morgan fingerprint density at radius 2 is 1.15 bits per heavy atom. The zero-order valence-corrected chi connectivity index (χ0v) is 32.9. The van der Waals surface area contributed by atoms with Gasteiger partial charge in [-0.1, -0.05) is 134 Å². The molecule has 0 fully saturated rings. The molecule has 0 aliphatic carbocycles. The summed E-state index contributed by atoms with van der Waals surface area (Å²) in [4.78, 5) is 22.6. The number of phosphoric acid groups is 1. The van der Waals surface area contributed by atoms with Crippen molar-refractivity contribution in [2.75, 3.05) is 54.1 Å². The number of hydrogen-bond donors (Lipinski definition) is 1. The molecule has 0 aromatic rings. The third-order valence-electron chi connectivity index (χ3n) is 8.27. The number of unbranched alkanes of at least 4 members (excludes halogenated alkanes) is 18. The highest BCUT2D eigenvalue weighted by molar-refractivity contribution is 7.47. The van der Waals surface area contributed by atoms with E-state index in [1.54, 1.807) is 0 Å². The van der Waals surface area contributed by atoms with E-state index in [1.807, 2.05) is 21.1 Å². The molecule has 2 unspecified atom stereocenters. The first-order chi connectivity index (χ1) is 23.1. The fourth-order valence-electron chi connectivity index (χ4n) is 5.17. The quantitative estimate of drug-likeness (QED) is 0.0228. The number of nitrogens with zero attached hydrogens (tertiary/aromatic N) is 1. The van der Waals surface area contributed by atoms with Gasteiger partial charge >= 0.3 is 13.8 Å². The van der Waals surface area contributed by atoms with E-state index in [-0.39, 0.29) is 25.8 Å². The number of allylic oxidation sites excluding steroid dienone is 4. The molecule has 0 aliphatic heterocycles. The Kier molecular flexibility index (Phi) is 32.4. The molecule has 1 N–H and O–H groups in total. The lowest BCUT2D eigenvalue weighted by Gasteiger charge is -2.24. The van der Waals surface area contributed by atoms with Gasteiger partial charge in [-0.2, -0.15) is 0 Å². The molecule has 9 heteroatoms. The van der Waals surface area contributed by atoms with E-state index in [2.05, 4.69) is 38.2 Å². The van der Waals surface area contributed by atoms with E-state index in [0.717, 1.165) is 38.5 Å². The van der Waals surface area contributed by atoms with Gasteiger partial charge in [0.1, 0.15) is 19.3 Å². The molecule has 48 heavy (non-hydrogen) atoms. The summed E-state index contributed by atoms with van der Waals surface area (Å²) in [6.07, 6.45) is 35.0. The highest BCUT2D eigenvalue weighted by Crippen LogP contribution is 2.43. The summed E-state index contributed by atoms with van der Waals surface area (Å²) in [6, 6.07) is 0. The molecule has 0 aliphatic rings. The summed E-state index contributed by atoms with van der Waals surface area (Å²) in [5.41, 5.74) is 0. The zero-order chi connectivity index (χ0) is 35.6. The number of esters is 1. The molecule has 0 rings (SSSR count). The van der Waals surface area contributed by atoms with E-state index < -0.39 is 13.9 Å². The van der Waals surface area contributed by atoms with Gasteiger partial charge in [-0.25, -0.2) is 4.57 Å². The largest absolute Gasteiger partial charge is 0.472 e. The van der Waals surface area contributed by atoms with Gasteiger partial charge in [0.05, 0.1) is 34.4 Å². The van der Waals surface area contributed by atoms with Gasteiger partial charge in [-0.3, -0.25) is 13.8 Å².